The molecule has 0 saturated carbocycles. The second-order valence-corrected chi connectivity index (χ2v) is 5.50. The summed E-state index contributed by atoms with van der Waals surface area (Å²) in [5, 5.41) is 24.0. The van der Waals surface area contributed by atoms with E-state index in [2.05, 4.69) is 9.59 Å². The van der Waals surface area contributed by atoms with E-state index in [0.29, 0.717) is 14.3 Å². The SMILES string of the molecule is N#Cc1cc(I)c(OCc2nnsc2N)c([N+](=O)[O-])c1. The fraction of sp³-hybridized carbons (Fsp3) is 0.100. The normalized spacial score (nSPS) is 10.0. The molecule has 0 aliphatic rings. The Balaban J connectivity index is 2.34. The van der Waals surface area contributed by atoms with Crippen molar-refractivity contribution >= 4 is 44.8 Å². The van der Waals surface area contributed by atoms with Gasteiger partial charge in [-0.1, -0.05) is 4.49 Å². The summed E-state index contributed by atoms with van der Waals surface area (Å²) in [6.45, 7) is -0.0227. The smallest absolute Gasteiger partial charge is 0.313 e. The van der Waals surface area contributed by atoms with Gasteiger partial charge in [-0.05, 0) is 28.7 Å². The lowest BCUT2D eigenvalue weighted by Crippen LogP contribution is -2.03. The van der Waals surface area contributed by atoms with E-state index in [-0.39, 0.29) is 23.6 Å². The molecule has 2 rings (SSSR count). The van der Waals surface area contributed by atoms with Crippen molar-refractivity contribution in [2.24, 2.45) is 0 Å². The predicted octanol–water partition coefficient (Wildman–Crippen LogP) is 2.08. The number of aromatic nitrogens is 2. The van der Waals surface area contributed by atoms with Crippen molar-refractivity contribution in [2.45, 2.75) is 6.61 Å². The summed E-state index contributed by atoms with van der Waals surface area (Å²) >= 11 is 2.89. The summed E-state index contributed by atoms with van der Waals surface area (Å²) in [5.41, 5.74) is 5.97. The van der Waals surface area contributed by atoms with E-state index in [0.717, 1.165) is 11.5 Å². The lowest BCUT2D eigenvalue weighted by Gasteiger charge is -2.08. The molecule has 1 aromatic heterocycles. The molecular weight excluding hydrogens is 397 g/mol. The van der Waals surface area contributed by atoms with Gasteiger partial charge in [0.05, 0.1) is 20.1 Å². The molecule has 0 spiro atoms. The van der Waals surface area contributed by atoms with Crippen LogP contribution < -0.4 is 10.5 Å². The topological polar surface area (TPSA) is 128 Å². The lowest BCUT2D eigenvalue weighted by molar-refractivity contribution is -0.386. The quantitative estimate of drug-likeness (QED) is 0.470. The summed E-state index contributed by atoms with van der Waals surface area (Å²) in [7, 11) is 0. The number of hydrogen-bond acceptors (Lipinski definition) is 8. The molecule has 10 heteroatoms. The van der Waals surface area contributed by atoms with Crippen LogP contribution in [0.4, 0.5) is 10.7 Å². The molecule has 20 heavy (non-hydrogen) atoms. The zero-order valence-corrected chi connectivity index (χ0v) is 12.7. The number of nitro benzene ring substituents is 1. The van der Waals surface area contributed by atoms with Gasteiger partial charge in [0.1, 0.15) is 17.3 Å². The van der Waals surface area contributed by atoms with Crippen molar-refractivity contribution < 1.29 is 9.66 Å². The number of rotatable bonds is 4. The van der Waals surface area contributed by atoms with Gasteiger partial charge in [0.15, 0.2) is 0 Å². The first kappa shape index (κ1) is 14.4. The van der Waals surface area contributed by atoms with E-state index >= 15 is 0 Å². The third-order valence-corrected chi connectivity index (χ3v) is 3.69. The second-order valence-electron chi connectivity index (χ2n) is 3.55. The van der Waals surface area contributed by atoms with E-state index < -0.39 is 4.92 Å². The van der Waals surface area contributed by atoms with Gasteiger partial charge in [0.25, 0.3) is 0 Å². The van der Waals surface area contributed by atoms with Gasteiger partial charge in [0.2, 0.25) is 5.75 Å². The number of halogens is 1. The number of benzene rings is 1. The predicted molar refractivity (Wildman–Crippen MR) is 79.2 cm³/mol. The Morgan fingerprint density at radius 2 is 2.35 bits per heavy atom. The van der Waals surface area contributed by atoms with Crippen LogP contribution in [0.1, 0.15) is 11.3 Å². The fourth-order valence-corrected chi connectivity index (χ4v) is 2.58. The van der Waals surface area contributed by atoms with Crippen LogP contribution >= 0.6 is 34.1 Å². The minimum atomic E-state index is -0.596. The number of nitriles is 1. The average molecular weight is 403 g/mol. The maximum absolute atomic E-state index is 11.0. The molecular formula is C10H6IN5O3S. The van der Waals surface area contributed by atoms with Gasteiger partial charge in [-0.25, -0.2) is 0 Å². The summed E-state index contributed by atoms with van der Waals surface area (Å²) in [6.07, 6.45) is 0. The summed E-state index contributed by atoms with van der Waals surface area (Å²) in [4.78, 5) is 10.4. The minimum absolute atomic E-state index is 0.0227. The zero-order chi connectivity index (χ0) is 14.7. The maximum atomic E-state index is 11.0. The molecule has 1 aromatic carbocycles. The number of anilines is 1. The third-order valence-electron chi connectivity index (χ3n) is 2.29. The van der Waals surface area contributed by atoms with Crippen molar-refractivity contribution in [3.63, 3.8) is 0 Å². The standard InChI is InChI=1S/C10H6IN5O3S/c11-6-1-5(3-12)2-8(16(17)18)9(6)19-4-7-10(13)20-15-14-7/h1-2H,4,13H2. The first-order chi connectivity index (χ1) is 9.52. The molecule has 1 heterocycles. The highest BCUT2D eigenvalue weighted by atomic mass is 127. The van der Waals surface area contributed by atoms with Crippen LogP contribution in [0.15, 0.2) is 12.1 Å². The van der Waals surface area contributed by atoms with E-state index in [1.165, 1.54) is 12.1 Å². The third kappa shape index (κ3) is 2.94. The molecule has 0 fully saturated rings. The Hall–Kier alpha value is -2.00. The van der Waals surface area contributed by atoms with Crippen LogP contribution in [0.5, 0.6) is 5.75 Å². The van der Waals surface area contributed by atoms with Crippen molar-refractivity contribution in [1.82, 2.24) is 9.59 Å². The molecule has 102 valence electrons. The Morgan fingerprint density at radius 3 is 2.90 bits per heavy atom. The number of nitrogens with two attached hydrogens (primary N) is 1. The van der Waals surface area contributed by atoms with Gasteiger partial charge < -0.3 is 10.5 Å². The van der Waals surface area contributed by atoms with Gasteiger partial charge in [-0.15, -0.1) is 5.10 Å². The fourth-order valence-electron chi connectivity index (χ4n) is 1.38. The molecule has 0 unspecified atom stereocenters. The monoisotopic (exact) mass is 403 g/mol. The van der Waals surface area contributed by atoms with Gasteiger partial charge in [0, 0.05) is 17.6 Å². The molecule has 0 amide bonds. The largest absolute Gasteiger partial charge is 0.479 e. The van der Waals surface area contributed by atoms with Crippen molar-refractivity contribution in [3.8, 4) is 11.8 Å². The molecule has 0 radical (unpaired) electrons. The van der Waals surface area contributed by atoms with Crippen LogP contribution in [0.2, 0.25) is 0 Å². The molecule has 8 nitrogen and oxygen atoms in total. The number of nitrogens with zero attached hydrogens (tertiary/aromatic N) is 4. The Kier molecular flexibility index (Phi) is 4.30. The van der Waals surface area contributed by atoms with Crippen LogP contribution in [0.3, 0.4) is 0 Å². The average Bonchev–Trinajstić information content (AvgIpc) is 2.82. The van der Waals surface area contributed by atoms with Gasteiger partial charge >= 0.3 is 5.69 Å². The second kappa shape index (κ2) is 5.97. The number of ether oxygens (including phenoxy) is 1. The first-order valence-electron chi connectivity index (χ1n) is 5.10. The van der Waals surface area contributed by atoms with E-state index in [4.69, 9.17) is 15.7 Å². The summed E-state index contributed by atoms with van der Waals surface area (Å²) < 4.78 is 9.54. The highest BCUT2D eigenvalue weighted by molar-refractivity contribution is 14.1. The number of hydrogen-bond donors (Lipinski definition) is 1. The van der Waals surface area contributed by atoms with E-state index in [9.17, 15) is 10.1 Å². The molecule has 2 aromatic rings. The van der Waals surface area contributed by atoms with Crippen LogP contribution in [-0.4, -0.2) is 14.5 Å². The minimum Gasteiger partial charge on any atom is -0.479 e. The van der Waals surface area contributed by atoms with Crippen LogP contribution in [-0.2, 0) is 6.61 Å². The van der Waals surface area contributed by atoms with Crippen molar-refractivity contribution in [1.29, 1.82) is 5.26 Å². The molecule has 0 saturated heterocycles. The van der Waals surface area contributed by atoms with E-state index in [1.807, 2.05) is 28.7 Å². The van der Waals surface area contributed by atoms with Crippen molar-refractivity contribution in [2.75, 3.05) is 5.73 Å². The highest BCUT2D eigenvalue weighted by Crippen LogP contribution is 2.34. The van der Waals surface area contributed by atoms with Crippen LogP contribution in [0.25, 0.3) is 0 Å². The van der Waals surface area contributed by atoms with Crippen molar-refractivity contribution in [3.05, 3.63) is 37.1 Å². The molecule has 0 aliphatic carbocycles. The van der Waals surface area contributed by atoms with E-state index in [1.54, 1.807) is 0 Å². The summed E-state index contributed by atoms with van der Waals surface area (Å²) in [6, 6.07) is 4.54. The Labute approximate surface area is 130 Å². The number of nitro groups is 1. The summed E-state index contributed by atoms with van der Waals surface area (Å²) in [5.74, 6) is 0.0852. The maximum Gasteiger partial charge on any atom is 0.313 e. The van der Waals surface area contributed by atoms with Crippen LogP contribution in [0, 0.1) is 25.0 Å². The van der Waals surface area contributed by atoms with Gasteiger partial charge in [-0.2, -0.15) is 5.26 Å². The zero-order valence-electron chi connectivity index (χ0n) is 9.74. The Bertz CT molecular complexity index is 711. The molecule has 0 aliphatic heterocycles. The molecule has 0 atom stereocenters. The molecule has 0 bridgehead atoms. The molecule has 2 N–H and O–H groups in total. The van der Waals surface area contributed by atoms with Gasteiger partial charge in [-0.3, -0.25) is 10.1 Å². The number of nitrogen functional groups attached to an aromatic ring is 1. The highest BCUT2D eigenvalue weighted by Gasteiger charge is 2.21. The Morgan fingerprint density at radius 1 is 1.60 bits per heavy atom. The lowest BCUT2D eigenvalue weighted by atomic mass is 10.2. The first-order valence-corrected chi connectivity index (χ1v) is 6.95.